The van der Waals surface area contributed by atoms with Gasteiger partial charge in [-0.3, -0.25) is 14.5 Å². The smallest absolute Gasteiger partial charge is 0.335 e. The van der Waals surface area contributed by atoms with Gasteiger partial charge in [0.25, 0.3) is 0 Å². The zero-order chi connectivity index (χ0) is 30.9. The van der Waals surface area contributed by atoms with Crippen molar-refractivity contribution in [1.29, 1.82) is 0 Å². The molecular formula is C33H30Cl2FN3O5. The Balaban J connectivity index is 1.44. The Morgan fingerprint density at radius 2 is 1.91 bits per heavy atom. The molecule has 4 aliphatic rings. The minimum atomic E-state index is -1.39. The van der Waals surface area contributed by atoms with Crippen molar-refractivity contribution in [2.75, 3.05) is 30.4 Å². The molecular weight excluding hydrogens is 608 g/mol. The van der Waals surface area contributed by atoms with Gasteiger partial charge < -0.3 is 20.1 Å². The van der Waals surface area contributed by atoms with Gasteiger partial charge in [0.05, 0.1) is 29.3 Å². The highest BCUT2D eigenvalue weighted by atomic mass is 35.5. The van der Waals surface area contributed by atoms with Crippen molar-refractivity contribution in [2.45, 2.75) is 43.2 Å². The molecule has 2 amide bonds. The third-order valence-corrected chi connectivity index (χ3v) is 10.5. The van der Waals surface area contributed by atoms with Gasteiger partial charge in [0, 0.05) is 41.3 Å². The minimum Gasteiger partial charge on any atom is -0.495 e. The molecule has 4 atom stereocenters. The fourth-order valence-electron chi connectivity index (χ4n) is 7.88. The van der Waals surface area contributed by atoms with E-state index in [-0.39, 0.29) is 39.8 Å². The van der Waals surface area contributed by atoms with Crippen LogP contribution in [-0.2, 0) is 15.1 Å². The first-order valence-electron chi connectivity index (χ1n) is 14.7. The van der Waals surface area contributed by atoms with E-state index < -0.39 is 29.2 Å². The maximum absolute atomic E-state index is 16.2. The molecule has 3 aliphatic heterocycles. The number of fused-ring (bicyclic) bond motifs is 3. The molecule has 228 valence electrons. The van der Waals surface area contributed by atoms with Crippen molar-refractivity contribution < 1.29 is 28.6 Å². The summed E-state index contributed by atoms with van der Waals surface area (Å²) < 4.78 is 21.7. The van der Waals surface area contributed by atoms with Crippen LogP contribution in [0.15, 0.2) is 54.6 Å². The van der Waals surface area contributed by atoms with Crippen molar-refractivity contribution in [3.05, 3.63) is 87.2 Å². The van der Waals surface area contributed by atoms with E-state index in [1.165, 1.54) is 25.3 Å². The van der Waals surface area contributed by atoms with Crippen LogP contribution < -0.4 is 15.0 Å². The number of carboxylic acid groups (broad SMARTS) is 1. The highest BCUT2D eigenvalue weighted by Gasteiger charge is 2.70. The largest absolute Gasteiger partial charge is 0.495 e. The Hall–Kier alpha value is -3.66. The van der Waals surface area contributed by atoms with Crippen molar-refractivity contribution in [3.63, 3.8) is 0 Å². The first kappa shape index (κ1) is 29.1. The number of halogens is 3. The molecule has 0 unspecified atom stereocenters. The van der Waals surface area contributed by atoms with E-state index in [9.17, 15) is 19.5 Å². The van der Waals surface area contributed by atoms with Crippen LogP contribution in [0.5, 0.6) is 5.75 Å². The van der Waals surface area contributed by atoms with Crippen LogP contribution in [0.2, 0.25) is 10.0 Å². The quantitative estimate of drug-likeness (QED) is 0.329. The van der Waals surface area contributed by atoms with Gasteiger partial charge in [-0.05, 0) is 67.1 Å². The number of hydrogen-bond acceptors (Lipinski definition) is 5. The van der Waals surface area contributed by atoms with E-state index in [1.54, 1.807) is 35.2 Å². The molecule has 3 aromatic carbocycles. The number of nitrogens with zero attached hydrogens (tertiary/aromatic N) is 2. The number of carbonyl (C=O) groups excluding carboxylic acids is 2. The number of ether oxygens (including phenoxy) is 1. The monoisotopic (exact) mass is 637 g/mol. The molecule has 11 heteroatoms. The second-order valence-electron chi connectivity index (χ2n) is 12.0. The van der Waals surface area contributed by atoms with Crippen LogP contribution in [0.4, 0.5) is 15.8 Å². The summed E-state index contributed by atoms with van der Waals surface area (Å²) in [6.45, 7) is 0.888. The van der Waals surface area contributed by atoms with Crippen molar-refractivity contribution in [2.24, 2.45) is 11.8 Å². The van der Waals surface area contributed by atoms with E-state index in [2.05, 4.69) is 10.2 Å². The molecule has 1 spiro atoms. The van der Waals surface area contributed by atoms with E-state index in [0.717, 1.165) is 19.3 Å². The summed E-state index contributed by atoms with van der Waals surface area (Å²) in [4.78, 5) is 44.7. The molecule has 0 radical (unpaired) electrons. The first-order chi connectivity index (χ1) is 21.2. The summed E-state index contributed by atoms with van der Waals surface area (Å²) in [5, 5.41) is 12.9. The number of hydrogen-bond donors (Lipinski definition) is 2. The Morgan fingerprint density at radius 3 is 2.61 bits per heavy atom. The molecule has 1 aliphatic carbocycles. The van der Waals surface area contributed by atoms with Gasteiger partial charge in [0.2, 0.25) is 11.8 Å². The lowest BCUT2D eigenvalue weighted by atomic mass is 9.69. The SMILES string of the molecule is COc1cc(C(=O)O)ccc1N1CC[C@H]2[C@@H](C1=O)[C@H](c1cccc(Cl)c1F)[C@]1(C(=O)Nc3cc(Cl)ccc31)N2CC1CCC1. The van der Waals surface area contributed by atoms with Crippen molar-refractivity contribution in [3.8, 4) is 5.75 Å². The molecule has 2 saturated heterocycles. The van der Waals surface area contributed by atoms with E-state index in [4.69, 9.17) is 27.9 Å². The van der Waals surface area contributed by atoms with Crippen molar-refractivity contribution in [1.82, 2.24) is 4.90 Å². The van der Waals surface area contributed by atoms with Gasteiger partial charge >= 0.3 is 5.97 Å². The number of anilines is 2. The zero-order valence-corrected chi connectivity index (χ0v) is 25.4. The molecule has 1 saturated carbocycles. The van der Waals surface area contributed by atoms with E-state index in [0.29, 0.717) is 47.4 Å². The Bertz CT molecular complexity index is 1710. The first-order valence-corrected chi connectivity index (χ1v) is 15.5. The van der Waals surface area contributed by atoms with Gasteiger partial charge in [0.15, 0.2) is 0 Å². The topological polar surface area (TPSA) is 99.2 Å². The number of nitrogens with one attached hydrogen (secondary N) is 1. The lowest BCUT2D eigenvalue weighted by Gasteiger charge is -2.43. The lowest BCUT2D eigenvalue weighted by Crippen LogP contribution is -2.55. The molecule has 7 rings (SSSR count). The molecule has 3 aromatic rings. The zero-order valence-electron chi connectivity index (χ0n) is 23.9. The van der Waals surface area contributed by atoms with E-state index in [1.807, 2.05) is 6.07 Å². The van der Waals surface area contributed by atoms with Crippen molar-refractivity contribution >= 4 is 52.4 Å². The molecule has 0 aromatic heterocycles. The van der Waals surface area contributed by atoms with Crippen LogP contribution >= 0.6 is 23.2 Å². The Morgan fingerprint density at radius 1 is 1.11 bits per heavy atom. The highest BCUT2D eigenvalue weighted by Crippen LogP contribution is 2.62. The molecule has 8 nitrogen and oxygen atoms in total. The number of benzene rings is 3. The van der Waals surface area contributed by atoms with Gasteiger partial charge in [-0.2, -0.15) is 0 Å². The average Bonchev–Trinajstić information content (AvgIpc) is 3.43. The number of rotatable bonds is 6. The molecule has 3 fully saturated rings. The number of carboxylic acids is 1. The number of likely N-dealkylation sites (tertiary alicyclic amines) is 1. The van der Waals surface area contributed by atoms with Crippen LogP contribution in [0.1, 0.15) is 53.1 Å². The number of piperidine rings is 1. The molecule has 44 heavy (non-hydrogen) atoms. The van der Waals surface area contributed by atoms with Crippen LogP contribution in [0, 0.1) is 17.7 Å². The number of aromatic carboxylic acids is 1. The van der Waals surface area contributed by atoms with E-state index >= 15 is 4.39 Å². The predicted molar refractivity (Wildman–Crippen MR) is 164 cm³/mol. The van der Waals surface area contributed by atoms with Gasteiger partial charge in [-0.25, -0.2) is 9.18 Å². The van der Waals surface area contributed by atoms with Crippen LogP contribution in [0.25, 0.3) is 0 Å². The third kappa shape index (κ3) is 4.16. The predicted octanol–water partition coefficient (Wildman–Crippen LogP) is 6.31. The maximum Gasteiger partial charge on any atom is 0.335 e. The second-order valence-corrected chi connectivity index (χ2v) is 12.9. The summed E-state index contributed by atoms with van der Waals surface area (Å²) in [6, 6.07) is 13.9. The molecule has 2 N–H and O–H groups in total. The fraction of sp³-hybridized carbons (Fsp3) is 0.364. The Kier molecular flexibility index (Phi) is 7.10. The summed E-state index contributed by atoms with van der Waals surface area (Å²) in [5.74, 6) is -3.57. The summed E-state index contributed by atoms with van der Waals surface area (Å²) in [6.07, 6.45) is 3.64. The van der Waals surface area contributed by atoms with Gasteiger partial charge in [-0.1, -0.05) is 47.8 Å². The molecule has 0 bridgehead atoms. The van der Waals surface area contributed by atoms with Crippen LogP contribution in [-0.4, -0.2) is 54.0 Å². The highest BCUT2D eigenvalue weighted by molar-refractivity contribution is 6.31. The van der Waals surface area contributed by atoms with Crippen LogP contribution in [0.3, 0.4) is 0 Å². The summed E-state index contributed by atoms with van der Waals surface area (Å²) >= 11 is 12.7. The second kappa shape index (κ2) is 10.8. The Labute approximate surface area is 263 Å². The summed E-state index contributed by atoms with van der Waals surface area (Å²) in [7, 11) is 1.42. The van der Waals surface area contributed by atoms with Gasteiger partial charge in [0.1, 0.15) is 17.1 Å². The lowest BCUT2D eigenvalue weighted by molar-refractivity contribution is -0.128. The number of carbonyl (C=O) groups is 3. The number of methoxy groups -OCH3 is 1. The molecule has 3 heterocycles. The maximum atomic E-state index is 16.2. The standard InChI is InChI=1S/C33H30Cl2FN3O5/c1-44-26-14-18(31(41)42)8-11-24(26)38-13-12-25-27(30(38)40)28(20-6-3-7-22(35)29(20)36)33(39(25)16-17-4-2-5-17)21-10-9-19(34)15-23(21)37-32(33)43/h3,6-11,14-15,17,25,27-28H,2,4-5,12-13,16H2,1H3,(H,37,43)(H,41,42)/t25-,27+,28-,33+/m0/s1. The number of amides is 2. The third-order valence-electron chi connectivity index (χ3n) is 9.98. The average molecular weight is 639 g/mol. The fourth-order valence-corrected chi connectivity index (χ4v) is 8.24. The van der Waals surface area contributed by atoms with Gasteiger partial charge in [-0.15, -0.1) is 0 Å². The normalized spacial score (nSPS) is 26.4. The minimum absolute atomic E-state index is 0.0243. The summed E-state index contributed by atoms with van der Waals surface area (Å²) in [5.41, 5.74) is 0.455.